The number of hydrazone groups is 1. The number of benzene rings is 3. The molecule has 10 heteroatoms. The lowest BCUT2D eigenvalue weighted by atomic mass is 10.2. The Hall–Kier alpha value is -2.91. The zero-order valence-corrected chi connectivity index (χ0v) is 19.9. The van der Waals surface area contributed by atoms with E-state index >= 15 is 0 Å². The second-order valence-electron chi connectivity index (χ2n) is 6.86. The zero-order chi connectivity index (χ0) is 23.8. The maximum atomic E-state index is 13.3. The summed E-state index contributed by atoms with van der Waals surface area (Å²) < 4.78 is 32.8. The third-order valence-corrected chi connectivity index (χ3v) is 6.99. The van der Waals surface area contributed by atoms with Crippen molar-refractivity contribution in [2.24, 2.45) is 5.10 Å². The van der Waals surface area contributed by atoms with Gasteiger partial charge in [-0.15, -0.1) is 0 Å². The van der Waals surface area contributed by atoms with E-state index in [1.807, 2.05) is 6.07 Å². The van der Waals surface area contributed by atoms with Gasteiger partial charge in [-0.25, -0.2) is 13.8 Å². The summed E-state index contributed by atoms with van der Waals surface area (Å²) in [5.74, 6) is -0.0353. The quantitative estimate of drug-likeness (QED) is 0.346. The van der Waals surface area contributed by atoms with Crippen LogP contribution in [0.2, 0.25) is 10.0 Å². The first kappa shape index (κ1) is 24.7. The third-order valence-electron chi connectivity index (χ3n) is 4.59. The van der Waals surface area contributed by atoms with Gasteiger partial charge in [0.2, 0.25) is 10.0 Å². The van der Waals surface area contributed by atoms with E-state index in [1.54, 1.807) is 48.5 Å². The topological polar surface area (TPSA) is 88.1 Å². The number of nitrogens with one attached hydrogen (secondary N) is 1. The lowest BCUT2D eigenvalue weighted by Crippen LogP contribution is -2.39. The van der Waals surface area contributed by atoms with Gasteiger partial charge >= 0.3 is 0 Å². The molecule has 1 amide bonds. The minimum absolute atomic E-state index is 0.0559. The van der Waals surface area contributed by atoms with E-state index in [2.05, 4.69) is 10.5 Å². The molecule has 0 bridgehead atoms. The molecule has 3 aromatic carbocycles. The Balaban J connectivity index is 1.81. The standard InChI is InChI=1S/C23H21Cl2N3O4S/c1-32-22-10-6-5-7-17(22)14-26-27-23(29)16-28(15-18-11-12-19(24)13-21(18)25)33(30,31)20-8-3-2-4-9-20/h2-14H,15-16H2,1H3,(H,27,29)/b26-14-. The van der Waals surface area contributed by atoms with Gasteiger partial charge in [0.15, 0.2) is 0 Å². The number of rotatable bonds is 9. The molecule has 33 heavy (non-hydrogen) atoms. The predicted octanol–water partition coefficient (Wildman–Crippen LogP) is 4.34. The van der Waals surface area contributed by atoms with E-state index in [-0.39, 0.29) is 11.4 Å². The van der Waals surface area contributed by atoms with Crippen LogP contribution in [0.25, 0.3) is 0 Å². The lowest BCUT2D eigenvalue weighted by Gasteiger charge is -2.22. The molecule has 0 fully saturated rings. The van der Waals surface area contributed by atoms with Crippen molar-refractivity contribution in [2.45, 2.75) is 11.4 Å². The molecular formula is C23H21Cl2N3O4S. The molecule has 3 rings (SSSR count). The summed E-state index contributed by atoms with van der Waals surface area (Å²) in [6.07, 6.45) is 1.42. The second-order valence-corrected chi connectivity index (χ2v) is 9.64. The van der Waals surface area contributed by atoms with Crippen molar-refractivity contribution in [2.75, 3.05) is 13.7 Å². The summed E-state index contributed by atoms with van der Waals surface area (Å²) in [6.45, 7) is -0.601. The molecule has 0 aliphatic heterocycles. The van der Waals surface area contributed by atoms with E-state index in [9.17, 15) is 13.2 Å². The van der Waals surface area contributed by atoms with Crippen LogP contribution in [0.4, 0.5) is 0 Å². The van der Waals surface area contributed by atoms with Crippen LogP contribution in [0.3, 0.4) is 0 Å². The molecule has 0 atom stereocenters. The van der Waals surface area contributed by atoms with Crippen molar-refractivity contribution in [1.82, 2.24) is 9.73 Å². The molecular weight excluding hydrogens is 485 g/mol. The normalized spacial score (nSPS) is 11.6. The summed E-state index contributed by atoms with van der Waals surface area (Å²) in [4.78, 5) is 12.6. The van der Waals surface area contributed by atoms with E-state index in [1.165, 1.54) is 31.5 Å². The second kappa shape index (κ2) is 11.3. The largest absolute Gasteiger partial charge is 0.496 e. The van der Waals surface area contributed by atoms with Gasteiger partial charge in [-0.1, -0.05) is 59.6 Å². The molecule has 0 aliphatic carbocycles. The molecule has 0 aromatic heterocycles. The van der Waals surface area contributed by atoms with Crippen molar-refractivity contribution >= 4 is 45.3 Å². The molecule has 0 heterocycles. The molecule has 7 nitrogen and oxygen atoms in total. The first-order valence-electron chi connectivity index (χ1n) is 9.75. The van der Waals surface area contributed by atoms with Crippen molar-refractivity contribution in [3.63, 3.8) is 0 Å². The highest BCUT2D eigenvalue weighted by Gasteiger charge is 2.27. The van der Waals surface area contributed by atoms with Crippen LogP contribution in [0.1, 0.15) is 11.1 Å². The molecule has 0 aliphatic rings. The Bertz CT molecular complexity index is 1250. The maximum Gasteiger partial charge on any atom is 0.255 e. The van der Waals surface area contributed by atoms with Gasteiger partial charge in [0.25, 0.3) is 5.91 Å². The van der Waals surface area contributed by atoms with Gasteiger partial charge in [-0.2, -0.15) is 9.41 Å². The average molecular weight is 506 g/mol. The Morgan fingerprint density at radius 2 is 1.76 bits per heavy atom. The zero-order valence-electron chi connectivity index (χ0n) is 17.6. The van der Waals surface area contributed by atoms with Crippen LogP contribution in [0.15, 0.2) is 82.8 Å². The van der Waals surface area contributed by atoms with Gasteiger partial charge in [0, 0.05) is 22.2 Å². The number of nitrogens with zero attached hydrogens (tertiary/aromatic N) is 2. The number of amides is 1. The molecule has 172 valence electrons. The summed E-state index contributed by atoms with van der Waals surface area (Å²) in [5.41, 5.74) is 3.52. The van der Waals surface area contributed by atoms with Crippen LogP contribution in [0, 0.1) is 0 Å². The predicted molar refractivity (Wildman–Crippen MR) is 129 cm³/mol. The number of carbonyl (C=O) groups excluding carboxylic acids is 1. The molecule has 0 radical (unpaired) electrons. The first-order valence-corrected chi connectivity index (χ1v) is 11.9. The number of sulfonamides is 1. The number of carbonyl (C=O) groups is 1. The molecule has 1 N–H and O–H groups in total. The SMILES string of the molecule is COc1ccccc1/C=N\NC(=O)CN(Cc1ccc(Cl)cc1Cl)S(=O)(=O)c1ccccc1. The van der Waals surface area contributed by atoms with Crippen molar-refractivity contribution in [3.8, 4) is 5.75 Å². The summed E-state index contributed by atoms with van der Waals surface area (Å²) in [7, 11) is -2.47. The Labute approximate surface area is 202 Å². The molecule has 3 aromatic rings. The molecule has 0 unspecified atom stereocenters. The van der Waals surface area contributed by atoms with Gasteiger partial charge in [0.05, 0.1) is 24.8 Å². The van der Waals surface area contributed by atoms with Crippen LogP contribution < -0.4 is 10.2 Å². The number of halogens is 2. The molecule has 0 spiro atoms. The number of methoxy groups -OCH3 is 1. The van der Waals surface area contributed by atoms with Gasteiger partial charge in [-0.05, 0) is 42.0 Å². The minimum atomic E-state index is -4.00. The fraction of sp³-hybridized carbons (Fsp3) is 0.130. The van der Waals surface area contributed by atoms with Crippen LogP contribution in [-0.2, 0) is 21.4 Å². The van der Waals surface area contributed by atoms with Crippen molar-refractivity contribution in [3.05, 3.63) is 94.0 Å². The van der Waals surface area contributed by atoms with Crippen LogP contribution >= 0.6 is 23.2 Å². The van der Waals surface area contributed by atoms with E-state index in [0.717, 1.165) is 4.31 Å². The van der Waals surface area contributed by atoms with Gasteiger partial charge in [-0.3, -0.25) is 4.79 Å². The molecule has 0 saturated heterocycles. The van der Waals surface area contributed by atoms with E-state index < -0.39 is 22.5 Å². The Morgan fingerprint density at radius 1 is 1.06 bits per heavy atom. The number of hydrogen-bond acceptors (Lipinski definition) is 5. The minimum Gasteiger partial charge on any atom is -0.496 e. The third kappa shape index (κ3) is 6.55. The number of para-hydroxylation sites is 1. The highest BCUT2D eigenvalue weighted by atomic mass is 35.5. The Kier molecular flexibility index (Phi) is 8.46. The Morgan fingerprint density at radius 3 is 2.45 bits per heavy atom. The van der Waals surface area contributed by atoms with Crippen LogP contribution in [0.5, 0.6) is 5.75 Å². The smallest absolute Gasteiger partial charge is 0.255 e. The number of hydrogen-bond donors (Lipinski definition) is 1. The lowest BCUT2D eigenvalue weighted by molar-refractivity contribution is -0.121. The fourth-order valence-electron chi connectivity index (χ4n) is 2.95. The summed E-state index contributed by atoms with van der Waals surface area (Å²) in [6, 6.07) is 19.7. The molecule has 0 saturated carbocycles. The van der Waals surface area contributed by atoms with E-state index in [0.29, 0.717) is 26.9 Å². The summed E-state index contributed by atoms with van der Waals surface area (Å²) in [5, 5.41) is 4.64. The van der Waals surface area contributed by atoms with Gasteiger partial charge < -0.3 is 4.74 Å². The van der Waals surface area contributed by atoms with Crippen molar-refractivity contribution in [1.29, 1.82) is 0 Å². The number of ether oxygens (including phenoxy) is 1. The van der Waals surface area contributed by atoms with E-state index in [4.69, 9.17) is 27.9 Å². The highest BCUT2D eigenvalue weighted by Crippen LogP contribution is 2.25. The highest BCUT2D eigenvalue weighted by molar-refractivity contribution is 7.89. The van der Waals surface area contributed by atoms with Crippen molar-refractivity contribution < 1.29 is 17.9 Å². The van der Waals surface area contributed by atoms with Gasteiger partial charge in [0.1, 0.15) is 5.75 Å². The average Bonchev–Trinajstić information content (AvgIpc) is 2.81. The van der Waals surface area contributed by atoms with Crippen LogP contribution in [-0.4, -0.2) is 38.5 Å². The monoisotopic (exact) mass is 505 g/mol. The summed E-state index contributed by atoms with van der Waals surface area (Å²) >= 11 is 12.2. The first-order chi connectivity index (χ1) is 15.8. The maximum absolute atomic E-state index is 13.3. The fourth-order valence-corrected chi connectivity index (χ4v) is 4.81.